The van der Waals surface area contributed by atoms with Crippen molar-refractivity contribution in [3.63, 3.8) is 0 Å². The molecular weight excluding hydrogens is 358 g/mol. The lowest BCUT2D eigenvalue weighted by Crippen LogP contribution is -2.16. The summed E-state index contributed by atoms with van der Waals surface area (Å²) in [7, 11) is 0. The highest BCUT2D eigenvalue weighted by Crippen LogP contribution is 2.36. The topological polar surface area (TPSA) is 66.0 Å². The highest BCUT2D eigenvalue weighted by atomic mass is 16.6. The highest BCUT2D eigenvalue weighted by molar-refractivity contribution is 6.02. The molecule has 6 heteroatoms. The van der Waals surface area contributed by atoms with Crippen LogP contribution < -0.4 is 24.3 Å². The second-order valence-electron chi connectivity index (χ2n) is 6.74. The number of benzene rings is 2. The number of rotatable bonds is 5. The van der Waals surface area contributed by atoms with Crippen LogP contribution in [-0.4, -0.2) is 31.8 Å². The number of fused-ring (bicyclic) bond motifs is 2. The van der Waals surface area contributed by atoms with Crippen LogP contribution in [0.1, 0.15) is 25.0 Å². The third-order valence-corrected chi connectivity index (χ3v) is 4.55. The van der Waals surface area contributed by atoms with Gasteiger partial charge in [0.25, 0.3) is 0 Å². The molecule has 2 heterocycles. The van der Waals surface area contributed by atoms with Crippen LogP contribution in [0.3, 0.4) is 0 Å². The van der Waals surface area contributed by atoms with E-state index in [4.69, 9.17) is 18.9 Å². The summed E-state index contributed by atoms with van der Waals surface area (Å²) in [6, 6.07) is 9.27. The average molecular weight is 381 g/mol. The largest absolute Gasteiger partial charge is 0.493 e. The Balaban J connectivity index is 1.49. The molecule has 0 fully saturated rings. The predicted molar refractivity (Wildman–Crippen MR) is 107 cm³/mol. The van der Waals surface area contributed by atoms with E-state index in [0.29, 0.717) is 37.0 Å². The van der Waals surface area contributed by atoms with Crippen molar-refractivity contribution in [2.24, 2.45) is 0 Å². The maximum absolute atomic E-state index is 12.4. The number of carbonyl (C=O) groups is 1. The molecular formula is C22H23NO5. The number of hydrogen-bond acceptors (Lipinski definition) is 5. The predicted octanol–water partition coefficient (Wildman–Crippen LogP) is 3.83. The SMILES string of the molecule is CCOc1cc2c(cc1/C=C/C(=O)Nc1ccc3c(c1)OCCO3)OC(C)C2. The van der Waals surface area contributed by atoms with Gasteiger partial charge in [-0.15, -0.1) is 0 Å². The first-order valence-corrected chi connectivity index (χ1v) is 9.47. The van der Waals surface area contributed by atoms with Gasteiger partial charge in [-0.3, -0.25) is 4.79 Å². The molecule has 1 atom stereocenters. The summed E-state index contributed by atoms with van der Waals surface area (Å²) in [5.74, 6) is 2.68. The van der Waals surface area contributed by atoms with Crippen LogP contribution in [0.4, 0.5) is 5.69 Å². The Hall–Kier alpha value is -3.15. The monoisotopic (exact) mass is 381 g/mol. The molecule has 0 radical (unpaired) electrons. The molecule has 0 aliphatic carbocycles. The molecule has 6 nitrogen and oxygen atoms in total. The molecule has 2 aliphatic rings. The Morgan fingerprint density at radius 3 is 2.82 bits per heavy atom. The fourth-order valence-electron chi connectivity index (χ4n) is 3.34. The fourth-order valence-corrected chi connectivity index (χ4v) is 3.34. The number of hydrogen-bond donors (Lipinski definition) is 1. The minimum atomic E-state index is -0.242. The van der Waals surface area contributed by atoms with Gasteiger partial charge >= 0.3 is 0 Å². The minimum Gasteiger partial charge on any atom is -0.493 e. The molecule has 146 valence electrons. The van der Waals surface area contributed by atoms with Crippen LogP contribution in [0.25, 0.3) is 6.08 Å². The normalized spacial score (nSPS) is 17.1. The molecule has 0 aromatic heterocycles. The molecule has 0 saturated carbocycles. The van der Waals surface area contributed by atoms with E-state index in [2.05, 4.69) is 5.32 Å². The van der Waals surface area contributed by atoms with E-state index in [0.717, 1.165) is 29.0 Å². The van der Waals surface area contributed by atoms with E-state index >= 15 is 0 Å². The van der Waals surface area contributed by atoms with Crippen molar-refractivity contribution in [3.8, 4) is 23.0 Å². The van der Waals surface area contributed by atoms with Crippen LogP contribution in [0.2, 0.25) is 0 Å². The van der Waals surface area contributed by atoms with Gasteiger partial charge in [-0.1, -0.05) is 0 Å². The van der Waals surface area contributed by atoms with Crippen LogP contribution in [0.5, 0.6) is 23.0 Å². The quantitative estimate of drug-likeness (QED) is 0.798. The summed E-state index contributed by atoms with van der Waals surface area (Å²) in [6.45, 7) is 5.57. The average Bonchev–Trinajstić information content (AvgIpc) is 3.05. The molecule has 0 bridgehead atoms. The van der Waals surface area contributed by atoms with Gasteiger partial charge in [-0.25, -0.2) is 0 Å². The molecule has 0 spiro atoms. The van der Waals surface area contributed by atoms with Crippen molar-refractivity contribution < 1.29 is 23.7 Å². The van der Waals surface area contributed by atoms with Crippen LogP contribution >= 0.6 is 0 Å². The molecule has 2 aromatic carbocycles. The molecule has 4 rings (SSSR count). The summed E-state index contributed by atoms with van der Waals surface area (Å²) in [6.07, 6.45) is 4.25. The number of amides is 1. The molecule has 1 amide bonds. The standard InChI is InChI=1S/C22H23NO5/c1-3-25-19-12-16-10-14(2)28-20(16)11-15(19)4-7-22(24)23-17-5-6-18-21(13-17)27-9-8-26-18/h4-7,11-14H,3,8-10H2,1-2H3,(H,23,24)/b7-4+. The van der Waals surface area contributed by atoms with Gasteiger partial charge in [0.2, 0.25) is 5.91 Å². The number of ether oxygens (including phenoxy) is 4. The Morgan fingerprint density at radius 1 is 1.18 bits per heavy atom. The van der Waals surface area contributed by atoms with Gasteiger partial charge in [-0.2, -0.15) is 0 Å². The summed E-state index contributed by atoms with van der Waals surface area (Å²) in [5.41, 5.74) is 2.59. The van der Waals surface area contributed by atoms with Crippen molar-refractivity contribution in [2.45, 2.75) is 26.4 Å². The summed E-state index contributed by atoms with van der Waals surface area (Å²) >= 11 is 0. The van der Waals surface area contributed by atoms with Gasteiger partial charge in [0.15, 0.2) is 11.5 Å². The zero-order valence-corrected chi connectivity index (χ0v) is 16.0. The van der Waals surface area contributed by atoms with Crippen LogP contribution in [0.15, 0.2) is 36.4 Å². The fraction of sp³-hybridized carbons (Fsp3) is 0.318. The molecule has 2 aliphatic heterocycles. The zero-order chi connectivity index (χ0) is 19.5. The third kappa shape index (κ3) is 3.91. The molecule has 2 aromatic rings. The van der Waals surface area contributed by atoms with E-state index < -0.39 is 0 Å². The molecule has 0 saturated heterocycles. The van der Waals surface area contributed by atoms with E-state index in [-0.39, 0.29) is 12.0 Å². The smallest absolute Gasteiger partial charge is 0.248 e. The van der Waals surface area contributed by atoms with Crippen LogP contribution in [-0.2, 0) is 11.2 Å². The summed E-state index contributed by atoms with van der Waals surface area (Å²) < 4.78 is 22.6. The van der Waals surface area contributed by atoms with Crippen molar-refractivity contribution in [1.82, 2.24) is 0 Å². The van der Waals surface area contributed by atoms with E-state index in [1.165, 1.54) is 6.08 Å². The van der Waals surface area contributed by atoms with Crippen molar-refractivity contribution in [2.75, 3.05) is 25.1 Å². The first-order valence-electron chi connectivity index (χ1n) is 9.47. The third-order valence-electron chi connectivity index (χ3n) is 4.55. The van der Waals surface area contributed by atoms with Crippen molar-refractivity contribution >= 4 is 17.7 Å². The summed E-state index contributed by atoms with van der Waals surface area (Å²) in [5, 5.41) is 2.84. The first-order chi connectivity index (χ1) is 13.6. The first kappa shape index (κ1) is 18.2. The minimum absolute atomic E-state index is 0.155. The van der Waals surface area contributed by atoms with Gasteiger partial charge < -0.3 is 24.3 Å². The lowest BCUT2D eigenvalue weighted by Gasteiger charge is -2.18. The van der Waals surface area contributed by atoms with E-state index in [9.17, 15) is 4.79 Å². The van der Waals surface area contributed by atoms with Crippen molar-refractivity contribution in [3.05, 3.63) is 47.5 Å². The number of nitrogens with one attached hydrogen (secondary N) is 1. The Bertz CT molecular complexity index is 921. The maximum atomic E-state index is 12.4. The lowest BCUT2D eigenvalue weighted by molar-refractivity contribution is -0.111. The van der Waals surface area contributed by atoms with Gasteiger partial charge in [0, 0.05) is 35.4 Å². The Labute approximate surface area is 164 Å². The lowest BCUT2D eigenvalue weighted by atomic mass is 10.1. The zero-order valence-electron chi connectivity index (χ0n) is 16.0. The molecule has 1 unspecified atom stereocenters. The molecule has 28 heavy (non-hydrogen) atoms. The van der Waals surface area contributed by atoms with Gasteiger partial charge in [0.05, 0.1) is 6.61 Å². The van der Waals surface area contributed by atoms with Crippen molar-refractivity contribution in [1.29, 1.82) is 0 Å². The summed E-state index contributed by atoms with van der Waals surface area (Å²) in [4.78, 5) is 12.4. The Kier molecular flexibility index (Phi) is 5.10. The second kappa shape index (κ2) is 7.84. The number of carbonyl (C=O) groups excluding carboxylic acids is 1. The Morgan fingerprint density at radius 2 is 2.00 bits per heavy atom. The van der Waals surface area contributed by atoms with E-state index in [1.807, 2.05) is 26.0 Å². The van der Waals surface area contributed by atoms with E-state index in [1.54, 1.807) is 24.3 Å². The number of anilines is 1. The van der Waals surface area contributed by atoms with Crippen LogP contribution in [0, 0.1) is 0 Å². The van der Waals surface area contributed by atoms with Gasteiger partial charge in [-0.05, 0) is 44.2 Å². The maximum Gasteiger partial charge on any atom is 0.248 e. The highest BCUT2D eigenvalue weighted by Gasteiger charge is 2.21. The molecule has 1 N–H and O–H groups in total. The second-order valence-corrected chi connectivity index (χ2v) is 6.74. The van der Waals surface area contributed by atoms with Gasteiger partial charge in [0.1, 0.15) is 30.8 Å².